The third-order valence-corrected chi connectivity index (χ3v) is 7.61. The molecule has 202 valence electrons. The molecule has 2 aliphatic rings. The van der Waals surface area contributed by atoms with Gasteiger partial charge in [0.05, 0.1) is 5.39 Å². The summed E-state index contributed by atoms with van der Waals surface area (Å²) in [6, 6.07) is 29.7. The zero-order chi connectivity index (χ0) is 27.1. The van der Waals surface area contributed by atoms with Gasteiger partial charge in [0.25, 0.3) is 0 Å². The molecule has 0 spiro atoms. The van der Waals surface area contributed by atoms with Crippen molar-refractivity contribution in [2.45, 2.75) is 0 Å². The fraction of sp³-hybridized carbons (Fsp3) is 0. The van der Waals surface area contributed by atoms with E-state index in [2.05, 4.69) is 9.97 Å². The largest absolute Gasteiger partial charge is 1.00 e. The molecule has 0 amide bonds. The number of nitrogens with two attached hydrogens (primary N) is 1. The van der Waals surface area contributed by atoms with Gasteiger partial charge in [-0.2, -0.15) is 0 Å². The fourth-order valence-electron chi connectivity index (χ4n) is 5.72. The van der Waals surface area contributed by atoms with Gasteiger partial charge in [0.1, 0.15) is 22.6 Å². The van der Waals surface area contributed by atoms with Gasteiger partial charge in [-0.3, -0.25) is 0 Å². The molecule has 2 aliphatic heterocycles. The van der Waals surface area contributed by atoms with Crippen molar-refractivity contribution in [3.63, 3.8) is 0 Å². The molecule has 0 fully saturated rings. The Bertz CT molecular complexity index is 2400. The second-order valence-corrected chi connectivity index (χ2v) is 10.0. The van der Waals surface area contributed by atoms with Gasteiger partial charge in [0.15, 0.2) is 23.3 Å². The van der Waals surface area contributed by atoms with Crippen molar-refractivity contribution in [1.29, 1.82) is 0 Å². The average molecular weight is 593 g/mol. The summed E-state index contributed by atoms with van der Waals surface area (Å²) in [5.74, 6) is 2.25. The average Bonchev–Trinajstić information content (AvgIpc) is 3.73. The van der Waals surface area contributed by atoms with Gasteiger partial charge in [-0.1, -0.05) is 84.9 Å². The van der Waals surface area contributed by atoms with Gasteiger partial charge in [0, 0.05) is 44.1 Å². The van der Waals surface area contributed by atoms with Crippen molar-refractivity contribution in [2.75, 3.05) is 5.73 Å². The van der Waals surface area contributed by atoms with Crippen LogP contribution in [0.25, 0.3) is 89.7 Å². The van der Waals surface area contributed by atoms with E-state index >= 15 is 0 Å². The minimum absolute atomic E-state index is 0. The van der Waals surface area contributed by atoms with Gasteiger partial charge in [0.2, 0.25) is 0 Å². The third-order valence-electron chi connectivity index (χ3n) is 7.61. The van der Waals surface area contributed by atoms with E-state index < -0.39 is 0 Å². The Morgan fingerprint density at radius 3 is 1.29 bits per heavy atom. The normalized spacial score (nSPS) is 11.7. The maximum Gasteiger partial charge on any atom is 1.00 e. The number of rotatable bonds is 0. The molecule has 10 heteroatoms. The molecule has 42 heavy (non-hydrogen) atoms. The number of H-pyrrole nitrogens is 2. The van der Waals surface area contributed by atoms with Crippen LogP contribution in [0.2, 0.25) is 0 Å². The molecule has 0 saturated carbocycles. The summed E-state index contributed by atoms with van der Waals surface area (Å²) in [7, 11) is 0. The zero-order valence-corrected chi connectivity index (χ0v) is 22.7. The van der Waals surface area contributed by atoms with Gasteiger partial charge >= 0.3 is 17.1 Å². The molecule has 3 aromatic heterocycles. The summed E-state index contributed by atoms with van der Waals surface area (Å²) in [5.41, 5.74) is 13.2. The summed E-state index contributed by atoms with van der Waals surface area (Å²) in [5, 5.41) is 3.51. The number of benzene rings is 4. The van der Waals surface area contributed by atoms with Gasteiger partial charge in [-0.05, 0) is 6.07 Å². The number of nitrogens with one attached hydrogen (secondary N) is 2. The van der Waals surface area contributed by atoms with E-state index in [9.17, 15) is 0 Å². The molecule has 7 aromatic rings. The molecule has 4 N–H and O–H groups in total. The summed E-state index contributed by atoms with van der Waals surface area (Å²) in [6.07, 6.45) is 0. The van der Waals surface area contributed by atoms with Crippen molar-refractivity contribution < 1.29 is 17.1 Å². The molecular formula is C32H19CuN9+. The number of aromatic nitrogens is 8. The summed E-state index contributed by atoms with van der Waals surface area (Å²) < 4.78 is 0. The van der Waals surface area contributed by atoms with Gasteiger partial charge in [-0.15, -0.1) is 0 Å². The Kier molecular flexibility index (Phi) is 5.24. The Labute approximate surface area is 248 Å². The fourth-order valence-corrected chi connectivity index (χ4v) is 5.72. The van der Waals surface area contributed by atoms with Crippen LogP contribution in [0.15, 0.2) is 91.0 Å². The predicted molar refractivity (Wildman–Crippen MR) is 160 cm³/mol. The van der Waals surface area contributed by atoms with Gasteiger partial charge < -0.3 is 15.7 Å². The quantitative estimate of drug-likeness (QED) is 0.136. The van der Waals surface area contributed by atoms with Crippen LogP contribution in [0.3, 0.4) is 0 Å². The molecule has 0 radical (unpaired) electrons. The first-order valence-electron chi connectivity index (χ1n) is 13.2. The van der Waals surface area contributed by atoms with Crippen molar-refractivity contribution in [3.05, 3.63) is 91.0 Å². The van der Waals surface area contributed by atoms with Gasteiger partial charge in [-0.25, -0.2) is 29.9 Å². The van der Waals surface area contributed by atoms with Crippen molar-refractivity contribution >= 4 is 49.8 Å². The molecule has 4 aromatic carbocycles. The molecule has 9 rings (SSSR count). The smallest absolute Gasteiger partial charge is 0.398 e. The van der Waals surface area contributed by atoms with E-state index in [0.717, 1.165) is 43.8 Å². The number of aromatic amines is 2. The van der Waals surface area contributed by atoms with Crippen molar-refractivity contribution in [3.8, 4) is 45.6 Å². The number of nitrogen functional groups attached to an aromatic ring is 1. The monoisotopic (exact) mass is 592 g/mol. The molecule has 0 unspecified atom stereocenters. The van der Waals surface area contributed by atoms with E-state index in [1.807, 2.05) is 91.0 Å². The second-order valence-electron chi connectivity index (χ2n) is 10.0. The maximum atomic E-state index is 6.49. The van der Waals surface area contributed by atoms with Crippen molar-refractivity contribution in [2.24, 2.45) is 0 Å². The molecule has 8 bridgehead atoms. The Morgan fingerprint density at radius 2 is 0.786 bits per heavy atom. The first-order valence-corrected chi connectivity index (χ1v) is 13.2. The summed E-state index contributed by atoms with van der Waals surface area (Å²) in [6.45, 7) is 0. The summed E-state index contributed by atoms with van der Waals surface area (Å²) in [4.78, 5) is 36.7. The van der Waals surface area contributed by atoms with Crippen molar-refractivity contribution in [1.82, 2.24) is 39.9 Å². The predicted octanol–water partition coefficient (Wildman–Crippen LogP) is 6.45. The first-order chi connectivity index (χ1) is 20.2. The van der Waals surface area contributed by atoms with Crippen LogP contribution >= 0.6 is 0 Å². The molecule has 0 atom stereocenters. The number of hydrogen-bond donors (Lipinski definition) is 3. The van der Waals surface area contributed by atoms with Crippen LogP contribution in [0.5, 0.6) is 0 Å². The van der Waals surface area contributed by atoms with Crippen LogP contribution in [0.4, 0.5) is 5.69 Å². The molecule has 0 saturated heterocycles. The molecular weight excluding hydrogens is 574 g/mol. The maximum absolute atomic E-state index is 6.49. The molecule has 0 aliphatic carbocycles. The zero-order valence-electron chi connectivity index (χ0n) is 21.7. The molecule has 9 nitrogen and oxygen atoms in total. The standard InChI is InChI=1S/C32H19N9.Cu/c33-23-15-7-14-22-24(23)32-40-30-21-13-6-5-12-20(21)28(38-30)36-26-17-9-2-1-8-16(17)25(34-26)35-27-18-10-3-4-11-19(18)29(37-27)39-31(22)41-32;/h1-15H,33H2,(H2,34,35,36,37,38,39,40,41);/q;+1. The van der Waals surface area contributed by atoms with E-state index in [-0.39, 0.29) is 17.1 Å². The number of fused-ring (bicyclic) bond motifs is 20. The van der Waals surface area contributed by atoms with Crippen LogP contribution < -0.4 is 5.73 Å². The number of anilines is 1. The van der Waals surface area contributed by atoms with Crippen LogP contribution in [-0.4, -0.2) is 39.9 Å². The number of hydrogen-bond acceptors (Lipinski definition) is 7. The van der Waals surface area contributed by atoms with Crippen LogP contribution in [-0.2, 0) is 17.1 Å². The minimum Gasteiger partial charge on any atom is -0.398 e. The van der Waals surface area contributed by atoms with Crippen LogP contribution in [0, 0.1) is 0 Å². The van der Waals surface area contributed by atoms with E-state index in [1.165, 1.54) is 0 Å². The SMILES string of the molecule is Nc1cccc2c3nc4nc(nc5[nH]c(nc6nc(nc([nH]3)c12)-c1ccccc1-6)c1ccccc51)-c1ccccc1-4.[Cu+]. The minimum atomic E-state index is 0. The first kappa shape index (κ1) is 24.4. The topological polar surface area (TPSA) is 135 Å². The Balaban J connectivity index is 0.00000267. The molecule has 5 heterocycles. The Morgan fingerprint density at radius 1 is 0.405 bits per heavy atom. The van der Waals surface area contributed by atoms with Crippen LogP contribution in [0.1, 0.15) is 0 Å². The van der Waals surface area contributed by atoms with E-state index in [4.69, 9.17) is 35.6 Å². The summed E-state index contributed by atoms with van der Waals surface area (Å²) >= 11 is 0. The third kappa shape index (κ3) is 3.49. The van der Waals surface area contributed by atoms with E-state index in [1.54, 1.807) is 0 Å². The second kappa shape index (κ2) is 9.04. The number of nitrogens with zero attached hydrogens (tertiary/aromatic N) is 6. The Hall–Kier alpha value is -5.44. The van der Waals surface area contributed by atoms with E-state index in [0.29, 0.717) is 51.6 Å².